The van der Waals surface area contributed by atoms with E-state index in [1.807, 2.05) is 0 Å². The smallest absolute Gasteiger partial charge is 0.299 e. The van der Waals surface area contributed by atoms with E-state index in [0.29, 0.717) is 0 Å². The first-order valence-corrected chi connectivity index (χ1v) is 15.1. The topological polar surface area (TPSA) is 169 Å². The van der Waals surface area contributed by atoms with Crippen LogP contribution in [-0.2, 0) is 11.8 Å². The van der Waals surface area contributed by atoms with Gasteiger partial charge in [-0.3, -0.25) is 19.3 Å². The fourth-order valence-electron chi connectivity index (χ4n) is 6.23. The molecule has 256 valence electrons. The summed E-state index contributed by atoms with van der Waals surface area (Å²) in [6, 6.07) is 5.09. The average Bonchev–Trinajstić information content (AvgIpc) is 3.51. The van der Waals surface area contributed by atoms with Gasteiger partial charge in [-0.15, -0.1) is 0 Å². The number of benzene rings is 2. The van der Waals surface area contributed by atoms with Gasteiger partial charge in [0.1, 0.15) is 24.8 Å². The van der Waals surface area contributed by atoms with Gasteiger partial charge < -0.3 is 43.7 Å². The number of likely N-dealkylation sites (N-methyl/N-ethyl adjacent to an activating group) is 1. The van der Waals surface area contributed by atoms with Gasteiger partial charge in [0.2, 0.25) is 5.82 Å². The number of likely N-dealkylation sites (tertiary alicyclic amines) is 1. The fourth-order valence-corrected chi connectivity index (χ4v) is 6.48. The molecule has 2 aliphatic heterocycles. The number of hydrogen-bond acceptors (Lipinski definition) is 9. The van der Waals surface area contributed by atoms with Crippen LogP contribution in [0.15, 0.2) is 36.5 Å². The standard InChI is InChI=1S/C31H33ClF2N6O8/c1-36-20(18-7-8-22(48-4)24(34)23(18)33)14-35-27(36)30(45)39(31(46)47)16-5-6-17(19(32)13-16)28(43)37-9-11-38(12-10-37)29(44)25-26(42)21(41)15-40(25,2)3/h5-8,13-14,21,25-26,41-42H,9-12,15H2,1-4H3/t21-,25-,26-/m0/s1. The van der Waals surface area contributed by atoms with Crippen LogP contribution < -0.4 is 14.7 Å². The maximum atomic E-state index is 14.8. The second-order valence-corrected chi connectivity index (χ2v) is 12.5. The molecule has 3 atom stereocenters. The number of carbonyl (C=O) groups is 4. The number of imide groups is 1. The number of aliphatic hydroxyl groups excluding tert-OH is 2. The summed E-state index contributed by atoms with van der Waals surface area (Å²) < 4.78 is 35.1. The van der Waals surface area contributed by atoms with E-state index < -0.39 is 53.6 Å². The van der Waals surface area contributed by atoms with Gasteiger partial charge in [-0.1, -0.05) is 11.6 Å². The molecule has 2 fully saturated rings. The number of hydrogen-bond donors (Lipinski definition) is 2. The molecule has 2 saturated heterocycles. The summed E-state index contributed by atoms with van der Waals surface area (Å²) in [6.07, 6.45) is -3.10. The molecule has 0 saturated carbocycles. The molecule has 0 spiro atoms. The predicted octanol–water partition coefficient (Wildman–Crippen LogP) is 0.482. The zero-order valence-electron chi connectivity index (χ0n) is 26.4. The van der Waals surface area contributed by atoms with Gasteiger partial charge in [0, 0.05) is 38.8 Å². The van der Waals surface area contributed by atoms with Gasteiger partial charge >= 0.3 is 0 Å². The Morgan fingerprint density at radius 1 is 1.04 bits per heavy atom. The SMILES string of the molecule is COc1ccc(-c2cnc(C(=O)N(C(=O)[O-])c3ccc(C(=O)N4CCN(C(=O)[C@@H]5[C@@H](O)[C@@H](O)C[N+]5(C)C)CC4)c(Cl)c3)n2C)c(F)c1F. The number of aliphatic hydroxyl groups is 2. The van der Waals surface area contributed by atoms with Crippen molar-refractivity contribution in [2.24, 2.45) is 7.05 Å². The number of aromatic nitrogens is 2. The number of halogens is 3. The van der Waals surface area contributed by atoms with Crippen molar-refractivity contribution < 1.29 is 52.5 Å². The van der Waals surface area contributed by atoms with E-state index in [0.717, 1.165) is 16.8 Å². The number of piperazine rings is 1. The van der Waals surface area contributed by atoms with E-state index in [4.69, 9.17) is 16.3 Å². The lowest BCUT2D eigenvalue weighted by Crippen LogP contribution is -2.60. The van der Waals surface area contributed by atoms with E-state index in [1.54, 1.807) is 14.1 Å². The van der Waals surface area contributed by atoms with Crippen LogP contribution in [-0.4, -0.2) is 130 Å². The predicted molar refractivity (Wildman–Crippen MR) is 164 cm³/mol. The lowest BCUT2D eigenvalue weighted by atomic mass is 10.1. The molecule has 14 nitrogen and oxygen atoms in total. The molecule has 0 radical (unpaired) electrons. The van der Waals surface area contributed by atoms with E-state index in [1.165, 1.54) is 48.2 Å². The Kier molecular flexibility index (Phi) is 9.47. The number of carboxylic acid groups (broad SMARTS) is 1. The minimum atomic E-state index is -1.94. The van der Waals surface area contributed by atoms with E-state index >= 15 is 0 Å². The van der Waals surface area contributed by atoms with Crippen LogP contribution in [0, 0.1) is 11.6 Å². The summed E-state index contributed by atoms with van der Waals surface area (Å²) in [5.74, 6) is -5.31. The number of amides is 4. The van der Waals surface area contributed by atoms with E-state index in [2.05, 4.69) is 4.98 Å². The third-order valence-corrected chi connectivity index (χ3v) is 9.12. The van der Waals surface area contributed by atoms with E-state index in [-0.39, 0.29) is 81.3 Å². The highest BCUT2D eigenvalue weighted by Gasteiger charge is 2.53. The van der Waals surface area contributed by atoms with Crippen molar-refractivity contribution in [3.63, 3.8) is 0 Å². The Hall–Kier alpha value is -4.64. The summed E-state index contributed by atoms with van der Waals surface area (Å²) in [6.45, 7) is 0.853. The first-order valence-electron chi connectivity index (χ1n) is 14.7. The molecule has 2 aromatic carbocycles. The zero-order chi connectivity index (χ0) is 35.2. The Balaban J connectivity index is 1.31. The Morgan fingerprint density at radius 3 is 2.25 bits per heavy atom. The van der Waals surface area contributed by atoms with Gasteiger partial charge in [-0.25, -0.2) is 9.37 Å². The van der Waals surface area contributed by atoms with Gasteiger partial charge in [0.15, 0.2) is 23.4 Å². The molecular formula is C31H33ClF2N6O8. The van der Waals surface area contributed by atoms with Crippen LogP contribution in [0.25, 0.3) is 11.3 Å². The Bertz CT molecular complexity index is 1790. The van der Waals surface area contributed by atoms with Crippen LogP contribution >= 0.6 is 11.6 Å². The first kappa shape index (κ1) is 34.7. The van der Waals surface area contributed by atoms with Gasteiger partial charge in [0.05, 0.1) is 49.4 Å². The van der Waals surface area contributed by atoms with Crippen molar-refractivity contribution in [1.29, 1.82) is 0 Å². The lowest BCUT2D eigenvalue weighted by Gasteiger charge is -2.39. The number of rotatable bonds is 6. The second kappa shape index (κ2) is 13.1. The van der Waals surface area contributed by atoms with Crippen LogP contribution in [0.5, 0.6) is 5.75 Å². The second-order valence-electron chi connectivity index (χ2n) is 12.1. The number of anilines is 1. The molecule has 3 heterocycles. The van der Waals surface area contributed by atoms with Gasteiger partial charge in [-0.05, 0) is 30.3 Å². The molecule has 2 aliphatic rings. The zero-order valence-corrected chi connectivity index (χ0v) is 27.1. The first-order chi connectivity index (χ1) is 22.6. The molecule has 0 unspecified atom stereocenters. The van der Waals surface area contributed by atoms with Crippen molar-refractivity contribution in [2.45, 2.75) is 18.2 Å². The van der Waals surface area contributed by atoms with Crippen molar-refractivity contribution in [3.05, 3.63) is 64.6 Å². The molecule has 48 heavy (non-hydrogen) atoms. The van der Waals surface area contributed by atoms with Crippen molar-refractivity contribution in [2.75, 3.05) is 58.8 Å². The van der Waals surface area contributed by atoms with Crippen LogP contribution in [0.4, 0.5) is 19.3 Å². The molecule has 4 amide bonds. The minimum Gasteiger partial charge on any atom is -0.529 e. The monoisotopic (exact) mass is 690 g/mol. The normalized spacial score (nSPS) is 20.5. The summed E-state index contributed by atoms with van der Waals surface area (Å²) in [7, 11) is 5.99. The van der Waals surface area contributed by atoms with Crippen LogP contribution in [0.1, 0.15) is 21.0 Å². The molecular weight excluding hydrogens is 658 g/mol. The number of quaternary nitrogens is 1. The van der Waals surface area contributed by atoms with Crippen LogP contribution in [0.2, 0.25) is 5.02 Å². The van der Waals surface area contributed by atoms with Crippen LogP contribution in [0.3, 0.4) is 0 Å². The summed E-state index contributed by atoms with van der Waals surface area (Å²) in [4.78, 5) is 59.3. The van der Waals surface area contributed by atoms with Gasteiger partial charge in [-0.2, -0.15) is 4.39 Å². The molecule has 1 aromatic heterocycles. The third-order valence-electron chi connectivity index (χ3n) is 8.81. The van der Waals surface area contributed by atoms with Gasteiger partial charge in [0.25, 0.3) is 17.7 Å². The highest BCUT2D eigenvalue weighted by molar-refractivity contribution is 6.34. The molecule has 17 heteroatoms. The Labute approximate surface area is 278 Å². The maximum Gasteiger partial charge on any atom is 0.299 e. The molecule has 5 rings (SSSR count). The van der Waals surface area contributed by atoms with E-state index in [9.17, 15) is 43.3 Å². The number of ether oxygens (including phenoxy) is 1. The maximum absolute atomic E-state index is 14.8. The molecule has 3 aromatic rings. The van der Waals surface area contributed by atoms with Crippen molar-refractivity contribution in [3.8, 4) is 17.0 Å². The average molecular weight is 691 g/mol. The summed E-state index contributed by atoms with van der Waals surface area (Å²) >= 11 is 6.42. The number of methoxy groups -OCH3 is 1. The lowest BCUT2D eigenvalue weighted by molar-refractivity contribution is -0.896. The molecule has 0 aliphatic carbocycles. The largest absolute Gasteiger partial charge is 0.529 e. The fraction of sp³-hybridized carbons (Fsp3) is 0.387. The highest BCUT2D eigenvalue weighted by Crippen LogP contribution is 2.32. The van der Waals surface area contributed by atoms with Crippen molar-refractivity contribution in [1.82, 2.24) is 19.4 Å². The van der Waals surface area contributed by atoms with Crippen molar-refractivity contribution >= 4 is 41.1 Å². The third kappa shape index (κ3) is 6.07. The number of carbonyl (C=O) groups excluding carboxylic acids is 4. The molecule has 2 N–H and O–H groups in total. The number of nitrogens with zero attached hydrogens (tertiary/aromatic N) is 6. The summed E-state index contributed by atoms with van der Waals surface area (Å²) in [5.41, 5.74) is -0.539. The highest BCUT2D eigenvalue weighted by atomic mass is 35.5. The minimum absolute atomic E-state index is 0.00867. The Morgan fingerprint density at radius 2 is 1.69 bits per heavy atom. The number of imidazole rings is 1. The summed E-state index contributed by atoms with van der Waals surface area (Å²) in [5, 5.41) is 32.5. The molecule has 0 bridgehead atoms. The quantitative estimate of drug-likeness (QED) is 0.350.